The first-order valence-electron chi connectivity index (χ1n) is 45.7. The van der Waals surface area contributed by atoms with Gasteiger partial charge in [0.2, 0.25) is 5.78 Å². The first-order valence-corrected chi connectivity index (χ1v) is 45.7. The van der Waals surface area contributed by atoms with Gasteiger partial charge in [-0.05, 0) is 235 Å². The fourth-order valence-electron chi connectivity index (χ4n) is 16.8. The summed E-state index contributed by atoms with van der Waals surface area (Å²) in [7, 11) is 0. The molecule has 0 spiro atoms. The third-order valence-electron chi connectivity index (χ3n) is 22.8. The lowest BCUT2D eigenvalue weighted by atomic mass is 10.0. The average Bonchev–Trinajstić information content (AvgIpc) is 1.62. The van der Waals surface area contributed by atoms with E-state index in [0.717, 1.165) is 240 Å². The molecule has 15 heterocycles. The Labute approximate surface area is 786 Å². The number of fused-ring (bicyclic) bond motifs is 5. The summed E-state index contributed by atoms with van der Waals surface area (Å²) < 4.78 is 36.8. The van der Waals surface area contributed by atoms with Crippen molar-refractivity contribution in [2.75, 3.05) is 33.1 Å². The maximum atomic E-state index is 5.31. The van der Waals surface area contributed by atoms with Gasteiger partial charge >= 0.3 is 0 Å². The maximum absolute atomic E-state index is 5.31. The van der Waals surface area contributed by atoms with E-state index in [1.807, 2.05) is 139 Å². The van der Waals surface area contributed by atoms with Crippen molar-refractivity contribution in [3.8, 4) is 112 Å². The van der Waals surface area contributed by atoms with Crippen LogP contribution in [0, 0.1) is 76.2 Å². The number of aromatic nitrogens is 17. The van der Waals surface area contributed by atoms with E-state index < -0.39 is 0 Å². The molecule has 0 amide bonds. The van der Waals surface area contributed by atoms with Gasteiger partial charge in [0.05, 0.1) is 28.5 Å². The number of unbranched alkanes of at least 4 members (excludes halogenated alkanes) is 1. The number of hydrogen-bond acceptors (Lipinski definition) is 22. The van der Waals surface area contributed by atoms with Gasteiger partial charge in [-0.25, -0.2) is 34.9 Å². The highest BCUT2D eigenvalue weighted by atomic mass is 16.5. The molecule has 20 aromatic rings. The Bertz CT molecular complexity index is 7260. The van der Waals surface area contributed by atoms with Crippen LogP contribution in [0.15, 0.2) is 248 Å². The first kappa shape index (κ1) is 92.7. The molecular formula is C108H118N22O5. The standard InChI is InChI=1S/C23H26N4O.C22H24N4O.2C21H23N5O.C21H22N4O/c1-14-7-12-19-24-21(22(27(19)13-14)25-23(4,5)6)18-10-8-17(9-11-18)20-15(2)26-28-16(20)3;1-4-5-13-23-22-21(24-19-8-6-7-14-26(19)22)18-11-9-17(10-12-18)20-15(2)25-27-16(20)3;1-13-17(14(2)27-25-13)15-7-9-16(10-8-15)18-19(24-21(3,4)5)26-12-6-11-22-20(26)23-18;1-13-18(14(2)27-25-13)15-6-8-16(9-7-15)19-20(24-21(3,4)5)26-12-22-11-10-17(26)23-19;1-13(2)22-21-20(23-18-7-5-6-12-25(18)21)17-10-8-16(9-11-17)19-14(3)24-26-15(19)4/h7-13,25H,1-6H3;6-12,14,23H,4-5,13H2,1-3H3;2*6-12,24H,1-5H3;5-13,22H,1-4H3. The number of hydrogen-bond donors (Lipinski definition) is 5. The summed E-state index contributed by atoms with van der Waals surface area (Å²) >= 11 is 0. The van der Waals surface area contributed by atoms with Gasteiger partial charge in [-0.3, -0.25) is 22.0 Å². The van der Waals surface area contributed by atoms with Crippen LogP contribution in [-0.2, 0) is 0 Å². The smallest absolute Gasteiger partial charge is 0.235 e. The van der Waals surface area contributed by atoms with Crippen LogP contribution < -0.4 is 26.6 Å². The van der Waals surface area contributed by atoms with Crippen LogP contribution >= 0.6 is 0 Å². The molecule has 5 N–H and O–H groups in total. The molecule has 0 bridgehead atoms. The van der Waals surface area contributed by atoms with E-state index in [-0.39, 0.29) is 16.6 Å². The molecule has 0 aliphatic rings. The van der Waals surface area contributed by atoms with Gasteiger partial charge in [0, 0.05) is 122 Å². The normalized spacial score (nSPS) is 11.7. The summed E-state index contributed by atoms with van der Waals surface area (Å²) in [4.78, 5) is 32.8. The topological polar surface area (TPSA) is 303 Å². The summed E-state index contributed by atoms with van der Waals surface area (Å²) in [6.07, 6.45) is 15.8. The lowest BCUT2D eigenvalue weighted by Gasteiger charge is -2.22. The van der Waals surface area contributed by atoms with E-state index in [0.29, 0.717) is 11.8 Å². The van der Waals surface area contributed by atoms with Crippen molar-refractivity contribution < 1.29 is 22.6 Å². The molecule has 0 saturated heterocycles. The van der Waals surface area contributed by atoms with Crippen molar-refractivity contribution >= 4 is 57.5 Å². The highest BCUT2D eigenvalue weighted by molar-refractivity contribution is 5.85. The predicted molar refractivity (Wildman–Crippen MR) is 541 cm³/mol. The van der Waals surface area contributed by atoms with Crippen molar-refractivity contribution in [3.63, 3.8) is 0 Å². The molecule has 27 heteroatoms. The molecule has 15 aromatic heterocycles. The molecule has 27 nitrogen and oxygen atoms in total. The van der Waals surface area contributed by atoms with Gasteiger partial charge in [-0.2, -0.15) is 0 Å². The fourth-order valence-corrected chi connectivity index (χ4v) is 16.8. The van der Waals surface area contributed by atoms with Crippen molar-refractivity contribution in [1.82, 2.24) is 82.7 Å². The Kier molecular flexibility index (Phi) is 26.6. The SMILES string of the molecule is CCCCNc1c(-c2ccc(-c3c(C)noc3C)cc2)nc2ccccn12.Cc1ccc2nc(-c3ccc(-c4c(C)noc4C)cc3)c(NC(C)(C)C)n2c1.Cc1noc(C)c1-c1ccc(-c2nc3ccccn3c2NC(C)C)cc1.Cc1noc(C)c1-c1ccc(-c2nc3ccncn3c2NC(C)(C)C)cc1.Cc1noc(C)c1-c1ccc(-c2nc3ncccn3c2NC(C)(C)C)cc1. The van der Waals surface area contributed by atoms with Crippen molar-refractivity contribution in [1.29, 1.82) is 0 Å². The fraction of sp³-hybridized carbons (Fsp3) is 0.278. The molecule has 5 aromatic carbocycles. The third kappa shape index (κ3) is 20.4. The lowest BCUT2D eigenvalue weighted by molar-refractivity contribution is 0.393. The average molecular weight is 1800 g/mol. The minimum absolute atomic E-state index is 0.0783. The van der Waals surface area contributed by atoms with Gasteiger partial charge < -0.3 is 49.2 Å². The van der Waals surface area contributed by atoms with E-state index in [2.05, 4.69) is 311 Å². The van der Waals surface area contributed by atoms with Crippen molar-refractivity contribution in [2.24, 2.45) is 0 Å². The molecule has 135 heavy (non-hydrogen) atoms. The number of rotatable bonds is 19. The number of imidazole rings is 5. The Hall–Kier alpha value is -15.5. The Morgan fingerprint density at radius 2 is 0.637 bits per heavy atom. The first-order chi connectivity index (χ1) is 64.6. The van der Waals surface area contributed by atoms with E-state index >= 15 is 0 Å². The number of nitrogens with zero attached hydrogens (tertiary/aromatic N) is 17. The summed E-state index contributed by atoms with van der Waals surface area (Å²) in [6.45, 7) is 48.3. The van der Waals surface area contributed by atoms with Gasteiger partial charge in [0.15, 0.2) is 0 Å². The molecule has 0 fully saturated rings. The molecule has 690 valence electrons. The highest BCUT2D eigenvalue weighted by Crippen LogP contribution is 2.41. The van der Waals surface area contributed by atoms with Crippen molar-refractivity contribution in [3.05, 3.63) is 288 Å². The second kappa shape index (κ2) is 38.7. The second-order valence-electron chi connectivity index (χ2n) is 37.5. The second-order valence-corrected chi connectivity index (χ2v) is 37.5. The summed E-state index contributed by atoms with van der Waals surface area (Å²) in [5.74, 6) is 9.80. The summed E-state index contributed by atoms with van der Waals surface area (Å²) in [5, 5.41) is 38.1. The third-order valence-corrected chi connectivity index (χ3v) is 22.8. The Balaban J connectivity index is 0.000000123. The zero-order chi connectivity index (χ0) is 95.5. The quantitative estimate of drug-likeness (QED) is 0.0470. The summed E-state index contributed by atoms with van der Waals surface area (Å²) in [5.41, 5.74) is 29.9. The molecule has 0 aliphatic carbocycles. The van der Waals surface area contributed by atoms with Gasteiger partial charge in [-0.1, -0.05) is 179 Å². The van der Waals surface area contributed by atoms with Crippen LogP contribution in [0.1, 0.15) is 159 Å². The monoisotopic (exact) mass is 1800 g/mol. The Morgan fingerprint density at radius 3 is 0.993 bits per heavy atom. The summed E-state index contributed by atoms with van der Waals surface area (Å²) in [6, 6.07) is 62.4. The van der Waals surface area contributed by atoms with Crippen LogP contribution in [-0.4, -0.2) is 112 Å². The number of pyridine rings is 3. The molecule has 0 unspecified atom stereocenters. The van der Waals surface area contributed by atoms with Gasteiger partial charge in [-0.15, -0.1) is 0 Å². The zero-order valence-corrected chi connectivity index (χ0v) is 81.2. The van der Waals surface area contributed by atoms with E-state index in [9.17, 15) is 0 Å². The number of nitrogens with one attached hydrogen (secondary N) is 5. The van der Waals surface area contributed by atoms with Crippen LogP contribution in [0.2, 0.25) is 0 Å². The molecule has 0 aliphatic heterocycles. The minimum Gasteiger partial charge on any atom is -0.369 e. The lowest BCUT2D eigenvalue weighted by Crippen LogP contribution is -2.27. The van der Waals surface area contributed by atoms with E-state index in [4.69, 9.17) is 47.5 Å². The van der Waals surface area contributed by atoms with Gasteiger partial charge in [0.1, 0.15) is 115 Å². The molecule has 0 atom stereocenters. The van der Waals surface area contributed by atoms with Crippen LogP contribution in [0.25, 0.3) is 140 Å². The maximum Gasteiger partial charge on any atom is 0.235 e. The number of aryl methyl sites for hydroxylation is 11. The van der Waals surface area contributed by atoms with E-state index in [1.54, 1.807) is 18.7 Å². The van der Waals surface area contributed by atoms with Crippen LogP contribution in [0.3, 0.4) is 0 Å². The largest absolute Gasteiger partial charge is 0.369 e. The molecule has 0 saturated carbocycles. The Morgan fingerprint density at radius 1 is 0.319 bits per heavy atom. The van der Waals surface area contributed by atoms with Crippen LogP contribution in [0.5, 0.6) is 0 Å². The highest BCUT2D eigenvalue weighted by Gasteiger charge is 2.27. The predicted octanol–water partition coefficient (Wildman–Crippen LogP) is 26.1. The minimum atomic E-state index is -0.100. The van der Waals surface area contributed by atoms with E-state index in [1.165, 1.54) is 5.56 Å². The van der Waals surface area contributed by atoms with Gasteiger partial charge in [0.25, 0.3) is 0 Å². The molecule has 0 radical (unpaired) electrons. The van der Waals surface area contributed by atoms with Crippen LogP contribution in [0.4, 0.5) is 29.1 Å². The number of benzene rings is 5. The molecular weight excluding hydrogens is 1690 g/mol. The molecule has 20 rings (SSSR count). The van der Waals surface area contributed by atoms with Crippen molar-refractivity contribution in [2.45, 2.75) is 195 Å². The number of anilines is 5. The zero-order valence-electron chi connectivity index (χ0n) is 81.2.